The highest BCUT2D eigenvalue weighted by Gasteiger charge is 2.46. The molecule has 3 N–H and O–H groups in total. The summed E-state index contributed by atoms with van der Waals surface area (Å²) < 4.78 is 13.3. The molecule has 5 rings (SSSR count). The van der Waals surface area contributed by atoms with Crippen LogP contribution in [0.1, 0.15) is 61.4 Å². The van der Waals surface area contributed by atoms with Crippen molar-refractivity contribution in [2.75, 3.05) is 11.9 Å². The molecule has 178 valence electrons. The van der Waals surface area contributed by atoms with Crippen molar-refractivity contribution in [2.45, 2.75) is 64.0 Å². The number of anilines is 1. The van der Waals surface area contributed by atoms with E-state index in [9.17, 15) is 14.0 Å². The number of rotatable bonds is 8. The van der Waals surface area contributed by atoms with E-state index in [-0.39, 0.29) is 35.5 Å². The van der Waals surface area contributed by atoms with Gasteiger partial charge in [0.25, 0.3) is 0 Å². The fourth-order valence-electron chi connectivity index (χ4n) is 5.37. The van der Waals surface area contributed by atoms with Crippen molar-refractivity contribution < 1.29 is 14.0 Å². The van der Waals surface area contributed by atoms with E-state index in [1.54, 1.807) is 36.4 Å². The maximum Gasteiger partial charge on any atom is 0.319 e. The predicted molar refractivity (Wildman–Crippen MR) is 132 cm³/mol. The van der Waals surface area contributed by atoms with E-state index < -0.39 is 0 Å². The summed E-state index contributed by atoms with van der Waals surface area (Å²) in [5.41, 5.74) is 2.60. The summed E-state index contributed by atoms with van der Waals surface area (Å²) in [4.78, 5) is 23.8. The quantitative estimate of drug-likeness (QED) is 0.350. The minimum Gasteiger partial charge on any atom is -0.338 e. The van der Waals surface area contributed by atoms with E-state index in [0.29, 0.717) is 29.9 Å². The molecular formula is C26H33ClFN3O2. The molecule has 1 aliphatic carbocycles. The van der Waals surface area contributed by atoms with Crippen molar-refractivity contribution in [3.8, 4) is 0 Å². The highest BCUT2D eigenvalue weighted by molar-refractivity contribution is 5.96. The average Bonchev–Trinajstić information content (AvgIpc) is 2.79. The van der Waals surface area contributed by atoms with Crippen LogP contribution in [0.3, 0.4) is 0 Å². The van der Waals surface area contributed by atoms with E-state index in [2.05, 4.69) is 16.0 Å². The predicted octanol–water partition coefficient (Wildman–Crippen LogP) is 5.50. The number of ketones is 1. The number of urea groups is 1. The molecular weight excluding hydrogens is 441 g/mol. The first-order valence-electron chi connectivity index (χ1n) is 11.6. The normalized spacial score (nSPS) is 23.5. The Labute approximate surface area is 201 Å². The molecule has 2 aromatic carbocycles. The fraction of sp³-hybridized carbons (Fsp3) is 0.462. The van der Waals surface area contributed by atoms with Gasteiger partial charge in [-0.2, -0.15) is 0 Å². The lowest BCUT2D eigenvalue weighted by atomic mass is 9.60. The van der Waals surface area contributed by atoms with Gasteiger partial charge in [-0.1, -0.05) is 24.3 Å². The van der Waals surface area contributed by atoms with Gasteiger partial charge in [-0.15, -0.1) is 12.4 Å². The maximum absolute atomic E-state index is 13.3. The van der Waals surface area contributed by atoms with Crippen LogP contribution >= 0.6 is 12.4 Å². The van der Waals surface area contributed by atoms with Crippen molar-refractivity contribution in [3.63, 3.8) is 0 Å². The summed E-state index contributed by atoms with van der Waals surface area (Å²) in [6, 6.07) is 14.6. The van der Waals surface area contributed by atoms with E-state index in [0.717, 1.165) is 19.3 Å². The summed E-state index contributed by atoms with van der Waals surface area (Å²) in [5.74, 6) is -0.219. The Hall–Kier alpha value is -2.44. The first-order valence-corrected chi connectivity index (χ1v) is 11.6. The van der Waals surface area contributed by atoms with Crippen molar-refractivity contribution in [3.05, 3.63) is 65.5 Å². The molecule has 2 aliphatic heterocycles. The third-order valence-corrected chi connectivity index (χ3v) is 7.11. The lowest BCUT2D eigenvalue weighted by Crippen LogP contribution is -2.59. The highest BCUT2D eigenvalue weighted by Crippen LogP contribution is 2.47. The van der Waals surface area contributed by atoms with Crippen molar-refractivity contribution >= 4 is 29.9 Å². The second kappa shape index (κ2) is 11.1. The second-order valence-electron chi connectivity index (χ2n) is 9.32. The molecule has 0 aromatic heterocycles. The molecule has 2 aromatic rings. The second-order valence-corrected chi connectivity index (χ2v) is 9.32. The summed E-state index contributed by atoms with van der Waals surface area (Å²) in [7, 11) is 0. The van der Waals surface area contributed by atoms with Gasteiger partial charge in [0.2, 0.25) is 0 Å². The Bertz CT molecular complexity index is 958. The number of hydrogen-bond acceptors (Lipinski definition) is 3. The number of carbonyl (C=O) groups excluding carboxylic acids is 2. The zero-order valence-corrected chi connectivity index (χ0v) is 19.8. The molecule has 7 heteroatoms. The molecule has 3 aliphatic rings. The Morgan fingerprint density at radius 1 is 1.12 bits per heavy atom. The zero-order chi connectivity index (χ0) is 22.6. The molecule has 1 saturated carbocycles. The molecule has 33 heavy (non-hydrogen) atoms. The van der Waals surface area contributed by atoms with Gasteiger partial charge in [-0.3, -0.25) is 4.79 Å². The minimum absolute atomic E-state index is 0. The lowest BCUT2D eigenvalue weighted by molar-refractivity contribution is 0.0329. The van der Waals surface area contributed by atoms with Gasteiger partial charge >= 0.3 is 6.03 Å². The number of carbonyl (C=O) groups is 2. The summed E-state index contributed by atoms with van der Waals surface area (Å²) in [6.45, 7) is 2.10. The molecule has 1 atom stereocenters. The molecule has 2 heterocycles. The minimum atomic E-state index is -0.259. The van der Waals surface area contributed by atoms with Crippen LogP contribution in [0.4, 0.5) is 14.9 Å². The monoisotopic (exact) mass is 473 g/mol. The van der Waals surface area contributed by atoms with Crippen LogP contribution in [0.5, 0.6) is 0 Å². The number of halogens is 2. The van der Waals surface area contributed by atoms with Crippen molar-refractivity contribution in [1.29, 1.82) is 0 Å². The molecule has 1 unspecified atom stereocenters. The summed E-state index contributed by atoms with van der Waals surface area (Å²) in [5, 5.41) is 9.56. The van der Waals surface area contributed by atoms with E-state index in [1.807, 2.05) is 12.1 Å². The van der Waals surface area contributed by atoms with Crippen LogP contribution in [0.25, 0.3) is 0 Å². The molecule has 2 saturated heterocycles. The topological polar surface area (TPSA) is 70.2 Å². The standard InChI is InChI=1S/C26H32FN3O2.ClH/c1-18(31)20-4-2-5-23(16-20)30-25(32)28-15-3-6-24-26(13-11-22(29-24)12-14-26)17-19-7-9-21(27)10-8-19;/h2,4-5,7-10,16,22,24,29H,3,6,11-15,17H2,1H3,(H2,28,30,32);1H. The largest absolute Gasteiger partial charge is 0.338 e. The van der Waals surface area contributed by atoms with Gasteiger partial charge in [0.15, 0.2) is 5.78 Å². The molecule has 3 fully saturated rings. The molecule has 0 radical (unpaired) electrons. The van der Waals surface area contributed by atoms with E-state index in [1.165, 1.54) is 38.2 Å². The van der Waals surface area contributed by atoms with Crippen LogP contribution in [0, 0.1) is 11.2 Å². The first-order chi connectivity index (χ1) is 15.4. The Morgan fingerprint density at radius 2 is 1.85 bits per heavy atom. The summed E-state index contributed by atoms with van der Waals surface area (Å²) in [6.07, 6.45) is 7.67. The molecule has 0 spiro atoms. The average molecular weight is 474 g/mol. The number of amides is 2. The third kappa shape index (κ3) is 6.33. The van der Waals surface area contributed by atoms with Crippen LogP contribution in [-0.2, 0) is 6.42 Å². The van der Waals surface area contributed by atoms with Gasteiger partial charge in [0, 0.05) is 29.9 Å². The van der Waals surface area contributed by atoms with Crippen LogP contribution in [-0.4, -0.2) is 30.4 Å². The van der Waals surface area contributed by atoms with Crippen LogP contribution in [0.2, 0.25) is 0 Å². The summed E-state index contributed by atoms with van der Waals surface area (Å²) >= 11 is 0. The third-order valence-electron chi connectivity index (χ3n) is 7.11. The van der Waals surface area contributed by atoms with Crippen molar-refractivity contribution in [1.82, 2.24) is 10.6 Å². The van der Waals surface area contributed by atoms with Gasteiger partial charge < -0.3 is 16.0 Å². The Kier molecular flexibility index (Phi) is 8.49. The van der Waals surface area contributed by atoms with Crippen molar-refractivity contribution in [2.24, 2.45) is 5.41 Å². The van der Waals surface area contributed by atoms with Gasteiger partial charge in [0.05, 0.1) is 0 Å². The van der Waals surface area contributed by atoms with Gasteiger partial charge in [0.1, 0.15) is 5.82 Å². The van der Waals surface area contributed by atoms with Crippen LogP contribution < -0.4 is 16.0 Å². The van der Waals surface area contributed by atoms with E-state index in [4.69, 9.17) is 0 Å². The molecule has 5 nitrogen and oxygen atoms in total. The Balaban J connectivity index is 0.00000306. The van der Waals surface area contributed by atoms with Gasteiger partial charge in [-0.05, 0) is 87.1 Å². The number of fused-ring (bicyclic) bond motifs is 3. The number of piperidine rings is 2. The fourth-order valence-corrected chi connectivity index (χ4v) is 5.37. The number of Topliss-reactive ketones (excluding diaryl/α,β-unsaturated/α-hetero) is 1. The number of nitrogens with one attached hydrogen (secondary N) is 3. The molecule has 2 amide bonds. The maximum atomic E-state index is 13.3. The number of hydrogen-bond donors (Lipinski definition) is 3. The highest BCUT2D eigenvalue weighted by atomic mass is 35.5. The zero-order valence-electron chi connectivity index (χ0n) is 19.0. The van der Waals surface area contributed by atoms with Crippen LogP contribution in [0.15, 0.2) is 48.5 Å². The molecule has 2 bridgehead atoms. The van der Waals surface area contributed by atoms with E-state index >= 15 is 0 Å². The smallest absolute Gasteiger partial charge is 0.319 e. The van der Waals surface area contributed by atoms with Gasteiger partial charge in [-0.25, -0.2) is 9.18 Å². The Morgan fingerprint density at radius 3 is 2.55 bits per heavy atom. The first kappa shape index (κ1) is 25.2. The SMILES string of the molecule is CC(=O)c1cccc(NC(=O)NCCCC2NC3CCC2(Cc2ccc(F)cc2)CC3)c1.Cl. The lowest BCUT2D eigenvalue weighted by Gasteiger charge is -2.53. The number of benzene rings is 2.